The van der Waals surface area contributed by atoms with Crippen molar-refractivity contribution in [2.75, 3.05) is 6.61 Å². The first-order valence-electron chi connectivity index (χ1n) is 7.23. The van der Waals surface area contributed by atoms with Gasteiger partial charge in [0.25, 0.3) is 0 Å². The van der Waals surface area contributed by atoms with E-state index in [1.54, 1.807) is 0 Å². The third kappa shape index (κ3) is 3.81. The van der Waals surface area contributed by atoms with Crippen LogP contribution in [0.2, 0.25) is 0 Å². The van der Waals surface area contributed by atoms with Crippen LogP contribution in [-0.4, -0.2) is 20.5 Å². The Balaban J connectivity index is 2.53. The van der Waals surface area contributed by atoms with Crippen LogP contribution < -0.4 is 8.92 Å². The van der Waals surface area contributed by atoms with Gasteiger partial charge in [0.1, 0.15) is 0 Å². The van der Waals surface area contributed by atoms with Crippen LogP contribution in [0.1, 0.15) is 19.8 Å². The van der Waals surface area contributed by atoms with E-state index in [9.17, 15) is 34.8 Å². The number of alkyl halides is 3. The molecule has 4 nitrogen and oxygen atoms in total. The number of hydrogen-bond acceptors (Lipinski definition) is 4. The first kappa shape index (κ1) is 20.1. The summed E-state index contributed by atoms with van der Waals surface area (Å²) in [4.78, 5) is 0. The van der Waals surface area contributed by atoms with Crippen LogP contribution in [0.5, 0.6) is 11.5 Å². The molecule has 0 atom stereocenters. The van der Waals surface area contributed by atoms with Gasteiger partial charge in [0.15, 0.2) is 23.1 Å². The molecule has 0 unspecified atom stereocenters. The molecule has 0 aliphatic carbocycles. The van der Waals surface area contributed by atoms with Gasteiger partial charge >= 0.3 is 15.6 Å². The maximum Gasteiger partial charge on any atom is 0.534 e. The summed E-state index contributed by atoms with van der Waals surface area (Å²) < 4.78 is 110. The highest BCUT2D eigenvalue weighted by molar-refractivity contribution is 7.88. The van der Waals surface area contributed by atoms with Crippen molar-refractivity contribution in [1.82, 2.24) is 0 Å². The van der Waals surface area contributed by atoms with Gasteiger partial charge in [0.05, 0.1) is 12.0 Å². The summed E-state index contributed by atoms with van der Waals surface area (Å²) in [6.07, 6.45) is 1.32. The van der Waals surface area contributed by atoms with Gasteiger partial charge in [-0.1, -0.05) is 19.4 Å². The Morgan fingerprint density at radius 2 is 1.65 bits per heavy atom. The molecule has 2 aromatic rings. The molecule has 144 valence electrons. The number of unbranched alkanes of at least 4 members (excludes halogenated alkanes) is 1. The predicted octanol–water partition coefficient (Wildman–Crippen LogP) is 4.66. The van der Waals surface area contributed by atoms with Crippen LogP contribution in [0.4, 0.5) is 26.3 Å². The van der Waals surface area contributed by atoms with E-state index in [0.717, 1.165) is 18.6 Å². The standard InChI is InChI=1S/C15H12F6O4S/c1-2-3-6-24-9-5-4-8-7-10(25-26(22,23)15(19,20)21)13(17)14(18)11(8)12(9)16/h4-5,7H,2-3,6H2,1H3. The second-order valence-corrected chi connectivity index (χ2v) is 6.70. The maximum atomic E-state index is 14.3. The molecule has 0 heterocycles. The second-order valence-electron chi connectivity index (χ2n) is 5.16. The van der Waals surface area contributed by atoms with Gasteiger partial charge in [-0.25, -0.2) is 8.78 Å². The van der Waals surface area contributed by atoms with E-state index in [2.05, 4.69) is 4.18 Å². The van der Waals surface area contributed by atoms with Crippen LogP contribution >= 0.6 is 0 Å². The van der Waals surface area contributed by atoms with Gasteiger partial charge in [-0.15, -0.1) is 0 Å². The van der Waals surface area contributed by atoms with E-state index in [0.29, 0.717) is 12.5 Å². The van der Waals surface area contributed by atoms with Gasteiger partial charge in [-0.3, -0.25) is 0 Å². The SMILES string of the molecule is CCCCOc1ccc2cc(OS(=O)(=O)C(F)(F)F)c(F)c(F)c2c1F. The quantitative estimate of drug-likeness (QED) is 0.305. The Bertz CT molecular complexity index is 924. The molecule has 0 N–H and O–H groups in total. The topological polar surface area (TPSA) is 52.6 Å². The number of benzene rings is 2. The van der Waals surface area contributed by atoms with Crippen molar-refractivity contribution in [3.05, 3.63) is 35.7 Å². The van der Waals surface area contributed by atoms with Crippen molar-refractivity contribution in [2.24, 2.45) is 0 Å². The van der Waals surface area contributed by atoms with Gasteiger partial charge in [0, 0.05) is 0 Å². The van der Waals surface area contributed by atoms with Gasteiger partial charge in [-0.05, 0) is 23.9 Å². The fourth-order valence-electron chi connectivity index (χ4n) is 2.00. The molecular formula is C15H12F6O4S. The lowest BCUT2D eigenvalue weighted by Gasteiger charge is -2.13. The molecule has 0 aromatic heterocycles. The molecule has 11 heteroatoms. The van der Waals surface area contributed by atoms with Gasteiger partial charge < -0.3 is 8.92 Å². The van der Waals surface area contributed by atoms with E-state index >= 15 is 0 Å². The fourth-order valence-corrected chi connectivity index (χ4v) is 2.45. The van der Waals surface area contributed by atoms with Crippen molar-refractivity contribution in [3.63, 3.8) is 0 Å². The zero-order chi connectivity index (χ0) is 19.7. The lowest BCUT2D eigenvalue weighted by Crippen LogP contribution is -2.28. The summed E-state index contributed by atoms with van der Waals surface area (Å²) >= 11 is 0. The molecule has 0 fully saturated rings. The number of ether oxygens (including phenoxy) is 1. The maximum absolute atomic E-state index is 14.3. The molecule has 26 heavy (non-hydrogen) atoms. The number of fused-ring (bicyclic) bond motifs is 1. The van der Waals surface area contributed by atoms with E-state index in [1.807, 2.05) is 6.92 Å². The minimum atomic E-state index is -6.22. The van der Waals surface area contributed by atoms with E-state index in [1.165, 1.54) is 0 Å². The zero-order valence-electron chi connectivity index (χ0n) is 13.2. The van der Waals surface area contributed by atoms with Crippen molar-refractivity contribution >= 4 is 20.9 Å². The largest absolute Gasteiger partial charge is 0.534 e. The highest BCUT2D eigenvalue weighted by Crippen LogP contribution is 2.36. The van der Waals surface area contributed by atoms with Crippen molar-refractivity contribution in [1.29, 1.82) is 0 Å². The molecule has 0 saturated carbocycles. The Kier molecular flexibility index (Phi) is 5.59. The molecule has 0 aliphatic heterocycles. The van der Waals surface area contributed by atoms with Gasteiger partial charge in [0.2, 0.25) is 5.82 Å². The lowest BCUT2D eigenvalue weighted by atomic mass is 10.1. The van der Waals surface area contributed by atoms with Crippen molar-refractivity contribution in [3.8, 4) is 11.5 Å². The van der Waals surface area contributed by atoms with Crippen LogP contribution in [0, 0.1) is 17.5 Å². The second kappa shape index (κ2) is 7.22. The molecule has 2 rings (SSSR count). The number of hydrogen-bond donors (Lipinski definition) is 0. The van der Waals surface area contributed by atoms with Gasteiger partial charge in [-0.2, -0.15) is 26.0 Å². The highest BCUT2D eigenvalue weighted by Gasteiger charge is 2.49. The summed E-state index contributed by atoms with van der Waals surface area (Å²) in [7, 11) is -6.22. The molecule has 0 spiro atoms. The van der Waals surface area contributed by atoms with E-state index < -0.39 is 49.6 Å². The zero-order valence-corrected chi connectivity index (χ0v) is 14.0. The first-order valence-corrected chi connectivity index (χ1v) is 8.64. The van der Waals surface area contributed by atoms with E-state index in [-0.39, 0.29) is 12.4 Å². The molecule has 0 amide bonds. The molecular weight excluding hydrogens is 390 g/mol. The summed E-state index contributed by atoms with van der Waals surface area (Å²) in [6.45, 7) is 1.97. The predicted molar refractivity (Wildman–Crippen MR) is 79.8 cm³/mol. The summed E-state index contributed by atoms with van der Waals surface area (Å²) in [5.74, 6) is -7.14. The Morgan fingerprint density at radius 3 is 2.23 bits per heavy atom. The van der Waals surface area contributed by atoms with Crippen LogP contribution in [0.15, 0.2) is 18.2 Å². The fraction of sp³-hybridized carbons (Fsp3) is 0.333. The van der Waals surface area contributed by atoms with Crippen LogP contribution in [-0.2, 0) is 10.1 Å². The molecule has 0 saturated heterocycles. The summed E-state index contributed by atoms with van der Waals surface area (Å²) in [5.41, 5.74) is -5.84. The monoisotopic (exact) mass is 402 g/mol. The van der Waals surface area contributed by atoms with Crippen molar-refractivity contribution < 1.29 is 43.7 Å². The molecule has 0 aliphatic rings. The highest BCUT2D eigenvalue weighted by atomic mass is 32.2. The first-order chi connectivity index (χ1) is 12.0. The van der Waals surface area contributed by atoms with Crippen molar-refractivity contribution in [2.45, 2.75) is 25.3 Å². The molecule has 0 bridgehead atoms. The van der Waals surface area contributed by atoms with Crippen LogP contribution in [0.3, 0.4) is 0 Å². The Hall–Kier alpha value is -2.17. The molecule has 0 radical (unpaired) electrons. The summed E-state index contributed by atoms with van der Waals surface area (Å²) in [5, 5.41) is -1.30. The third-order valence-corrected chi connectivity index (χ3v) is 4.26. The Morgan fingerprint density at radius 1 is 1.00 bits per heavy atom. The molecule has 2 aromatic carbocycles. The van der Waals surface area contributed by atoms with E-state index in [4.69, 9.17) is 4.74 Å². The average molecular weight is 402 g/mol. The minimum Gasteiger partial charge on any atom is -0.490 e. The third-order valence-electron chi connectivity index (χ3n) is 3.29. The average Bonchev–Trinajstić information content (AvgIpc) is 2.53. The minimum absolute atomic E-state index is 0.119. The summed E-state index contributed by atoms with van der Waals surface area (Å²) in [6, 6.07) is 2.55. The lowest BCUT2D eigenvalue weighted by molar-refractivity contribution is -0.0501. The number of halogens is 6. The van der Waals surface area contributed by atoms with Crippen LogP contribution in [0.25, 0.3) is 10.8 Å². The Labute approximate surface area is 144 Å². The normalized spacial score (nSPS) is 12.4. The smallest absolute Gasteiger partial charge is 0.490 e. The number of rotatable bonds is 6.